The molecule has 7 heteroatoms. The van der Waals surface area contributed by atoms with Crippen molar-refractivity contribution in [3.63, 3.8) is 0 Å². The van der Waals surface area contributed by atoms with Crippen molar-refractivity contribution in [1.82, 2.24) is 4.90 Å². The van der Waals surface area contributed by atoms with Crippen LogP contribution in [0.5, 0.6) is 17.2 Å². The van der Waals surface area contributed by atoms with E-state index in [1.165, 1.54) is 16.7 Å². The number of carbonyl (C=O) groups excluding carboxylic acids is 1. The van der Waals surface area contributed by atoms with E-state index in [-0.39, 0.29) is 30.4 Å². The number of nitrogens with zero attached hydrogens (tertiary/aromatic N) is 1. The highest BCUT2D eigenvalue weighted by molar-refractivity contribution is 5.70. The first kappa shape index (κ1) is 24.6. The molecule has 5 atom stereocenters. The monoisotopic (exact) mass is 507 g/mol. The number of likely N-dealkylation sites (N-methyl/N-ethyl adjacent to an activating group) is 1. The fraction of sp³-hybridized carbons (Fsp3) is 0.567. The standard InChI is InChI=1S/C30H37NO6/c1-31-16-15-30-22-12-14-25(36-26(32)6-4-5-19-7-10-21(34-3)11-8-19)29(30)37-28-24(35-18-33-2)13-9-20(27(28)30)17-23(22)31/h7-11,13,22-23,25,29H,4-6,12,14-18H2,1-3H3/t22-,23+,25-,29-,30-/m0/s1. The predicted molar refractivity (Wildman–Crippen MR) is 138 cm³/mol. The van der Waals surface area contributed by atoms with E-state index >= 15 is 0 Å². The number of hydrogen-bond donors (Lipinski definition) is 0. The van der Waals surface area contributed by atoms with Gasteiger partial charge in [-0.1, -0.05) is 18.2 Å². The first-order valence-corrected chi connectivity index (χ1v) is 13.5. The minimum Gasteiger partial charge on any atom is -0.497 e. The van der Waals surface area contributed by atoms with Gasteiger partial charge in [0, 0.05) is 30.6 Å². The summed E-state index contributed by atoms with van der Waals surface area (Å²) in [5.74, 6) is 2.77. The lowest BCUT2D eigenvalue weighted by Gasteiger charge is -2.58. The molecule has 2 fully saturated rings. The Labute approximate surface area is 219 Å². The van der Waals surface area contributed by atoms with Crippen LogP contribution in [0.2, 0.25) is 0 Å². The summed E-state index contributed by atoms with van der Waals surface area (Å²) < 4.78 is 29.3. The van der Waals surface area contributed by atoms with Gasteiger partial charge in [-0.05, 0) is 87.4 Å². The Balaban J connectivity index is 1.20. The highest BCUT2D eigenvalue weighted by Gasteiger charge is 2.66. The summed E-state index contributed by atoms with van der Waals surface area (Å²) in [6, 6.07) is 12.7. The number of hydrogen-bond acceptors (Lipinski definition) is 7. The van der Waals surface area contributed by atoms with Crippen molar-refractivity contribution in [3.05, 3.63) is 53.1 Å². The molecule has 6 rings (SSSR count). The molecular formula is C30H37NO6. The second-order valence-electron chi connectivity index (χ2n) is 11.0. The maximum atomic E-state index is 13.0. The van der Waals surface area contributed by atoms with Gasteiger partial charge in [0.05, 0.1) is 7.11 Å². The molecule has 0 aromatic heterocycles. The molecule has 2 aliphatic carbocycles. The normalized spacial score (nSPS) is 29.3. The third kappa shape index (κ3) is 4.07. The van der Waals surface area contributed by atoms with E-state index in [1.807, 2.05) is 18.2 Å². The molecule has 0 amide bonds. The number of methoxy groups -OCH3 is 2. The average Bonchev–Trinajstić information content (AvgIpc) is 3.27. The number of rotatable bonds is 9. The molecule has 0 radical (unpaired) electrons. The molecule has 2 heterocycles. The molecule has 2 aromatic carbocycles. The largest absolute Gasteiger partial charge is 0.497 e. The van der Waals surface area contributed by atoms with Crippen LogP contribution in [-0.2, 0) is 32.5 Å². The summed E-state index contributed by atoms with van der Waals surface area (Å²) in [5.41, 5.74) is 3.72. The van der Waals surface area contributed by atoms with Crippen molar-refractivity contribution < 1.29 is 28.5 Å². The Morgan fingerprint density at radius 3 is 2.76 bits per heavy atom. The number of esters is 1. The van der Waals surface area contributed by atoms with Crippen LogP contribution in [0.25, 0.3) is 0 Å². The van der Waals surface area contributed by atoms with Crippen LogP contribution in [0, 0.1) is 5.92 Å². The van der Waals surface area contributed by atoms with Crippen LogP contribution in [0.4, 0.5) is 0 Å². The minimum absolute atomic E-state index is 0.126. The average molecular weight is 508 g/mol. The van der Waals surface area contributed by atoms with Crippen molar-refractivity contribution in [3.8, 4) is 17.2 Å². The summed E-state index contributed by atoms with van der Waals surface area (Å²) in [7, 11) is 5.54. The maximum Gasteiger partial charge on any atom is 0.306 e. The fourth-order valence-electron chi connectivity index (χ4n) is 7.49. The van der Waals surface area contributed by atoms with E-state index in [0.717, 1.165) is 62.3 Å². The van der Waals surface area contributed by atoms with E-state index in [9.17, 15) is 4.79 Å². The zero-order valence-corrected chi connectivity index (χ0v) is 22.0. The van der Waals surface area contributed by atoms with Gasteiger partial charge in [-0.25, -0.2) is 0 Å². The molecule has 37 heavy (non-hydrogen) atoms. The smallest absolute Gasteiger partial charge is 0.306 e. The molecule has 0 unspecified atom stereocenters. The van der Waals surface area contributed by atoms with Gasteiger partial charge in [-0.2, -0.15) is 0 Å². The third-order valence-corrected chi connectivity index (χ3v) is 9.15. The van der Waals surface area contributed by atoms with E-state index in [4.69, 9.17) is 23.7 Å². The Hall–Kier alpha value is -2.77. The number of likely N-dealkylation sites (tertiary alicyclic amines) is 1. The van der Waals surface area contributed by atoms with Gasteiger partial charge in [0.2, 0.25) is 0 Å². The highest BCUT2D eigenvalue weighted by atomic mass is 16.7. The second kappa shape index (κ2) is 9.84. The number of carbonyl (C=O) groups is 1. The highest BCUT2D eigenvalue weighted by Crippen LogP contribution is 2.64. The first-order valence-electron chi connectivity index (χ1n) is 13.5. The zero-order chi connectivity index (χ0) is 25.6. The third-order valence-electron chi connectivity index (χ3n) is 9.15. The van der Waals surface area contributed by atoms with Gasteiger partial charge in [-0.15, -0.1) is 0 Å². The molecule has 2 bridgehead atoms. The number of aryl methyl sites for hydroxylation is 1. The van der Waals surface area contributed by atoms with Crippen molar-refractivity contribution in [2.75, 3.05) is 34.6 Å². The van der Waals surface area contributed by atoms with Crippen LogP contribution >= 0.6 is 0 Å². The lowest BCUT2D eigenvalue weighted by Crippen LogP contribution is -2.66. The fourth-order valence-corrected chi connectivity index (χ4v) is 7.49. The number of piperidine rings is 1. The quantitative estimate of drug-likeness (QED) is 0.371. The number of benzene rings is 2. The number of ether oxygens (including phenoxy) is 5. The molecule has 198 valence electrons. The van der Waals surface area contributed by atoms with E-state index < -0.39 is 0 Å². The summed E-state index contributed by atoms with van der Waals surface area (Å²) >= 11 is 0. The lowest BCUT2D eigenvalue weighted by molar-refractivity contribution is -0.166. The molecule has 7 nitrogen and oxygen atoms in total. The summed E-state index contributed by atoms with van der Waals surface area (Å²) in [5, 5.41) is 0. The van der Waals surface area contributed by atoms with E-state index in [0.29, 0.717) is 18.4 Å². The molecule has 1 saturated carbocycles. The SMILES string of the molecule is COCOc1ccc2c3c1O[C@H]1[C@@H](OC(=O)CCCc4ccc(OC)cc4)CC[C@H]4[C@@H](C2)N(C)CC[C@@]341. The minimum atomic E-state index is -0.248. The van der Waals surface area contributed by atoms with Crippen LogP contribution in [-0.4, -0.2) is 63.7 Å². The Morgan fingerprint density at radius 1 is 1.14 bits per heavy atom. The van der Waals surface area contributed by atoms with E-state index in [2.05, 4.69) is 30.1 Å². The lowest BCUT2D eigenvalue weighted by atomic mass is 9.51. The van der Waals surface area contributed by atoms with E-state index in [1.54, 1.807) is 14.2 Å². The van der Waals surface area contributed by atoms with Crippen LogP contribution in [0.1, 0.15) is 48.8 Å². The molecule has 4 aliphatic rings. The van der Waals surface area contributed by atoms with Crippen molar-refractivity contribution >= 4 is 5.97 Å². The zero-order valence-electron chi connectivity index (χ0n) is 22.0. The summed E-state index contributed by atoms with van der Waals surface area (Å²) in [4.78, 5) is 15.5. The first-order chi connectivity index (χ1) is 18.0. The van der Waals surface area contributed by atoms with Gasteiger partial charge >= 0.3 is 5.97 Å². The van der Waals surface area contributed by atoms with Gasteiger partial charge in [0.1, 0.15) is 18.0 Å². The molecule has 1 spiro atoms. The maximum absolute atomic E-state index is 13.0. The van der Waals surface area contributed by atoms with Crippen LogP contribution in [0.3, 0.4) is 0 Å². The van der Waals surface area contributed by atoms with Gasteiger partial charge in [-0.3, -0.25) is 4.79 Å². The molecule has 1 saturated heterocycles. The molecular weight excluding hydrogens is 470 g/mol. The van der Waals surface area contributed by atoms with Crippen molar-refractivity contribution in [2.45, 2.75) is 68.6 Å². The van der Waals surface area contributed by atoms with Crippen molar-refractivity contribution in [2.24, 2.45) is 5.92 Å². The Bertz CT molecular complexity index is 1150. The van der Waals surface area contributed by atoms with Gasteiger partial charge < -0.3 is 28.6 Å². The second-order valence-corrected chi connectivity index (χ2v) is 11.0. The molecule has 2 aliphatic heterocycles. The van der Waals surface area contributed by atoms with Crippen molar-refractivity contribution in [1.29, 1.82) is 0 Å². The van der Waals surface area contributed by atoms with Crippen LogP contribution < -0.4 is 14.2 Å². The van der Waals surface area contributed by atoms with Gasteiger partial charge in [0.15, 0.2) is 18.3 Å². The summed E-state index contributed by atoms with van der Waals surface area (Å²) in [6.45, 7) is 1.19. The molecule has 0 N–H and O–H groups in total. The Morgan fingerprint density at radius 2 is 1.97 bits per heavy atom. The Kier molecular flexibility index (Phi) is 6.53. The summed E-state index contributed by atoms with van der Waals surface area (Å²) in [6.07, 6.45) is 5.48. The topological polar surface area (TPSA) is 66.5 Å². The van der Waals surface area contributed by atoms with Crippen LogP contribution in [0.15, 0.2) is 36.4 Å². The van der Waals surface area contributed by atoms with Gasteiger partial charge in [0.25, 0.3) is 0 Å². The molecule has 2 aromatic rings. The predicted octanol–water partition coefficient (Wildman–Crippen LogP) is 4.28.